The van der Waals surface area contributed by atoms with Gasteiger partial charge in [-0.3, -0.25) is 9.59 Å². The maximum Gasteiger partial charge on any atom is 0.242 e. The number of nitrogens with one attached hydrogen (secondary N) is 2. The fraction of sp³-hybridized carbons (Fsp3) is 0.467. The van der Waals surface area contributed by atoms with Gasteiger partial charge in [0.2, 0.25) is 11.8 Å². The van der Waals surface area contributed by atoms with Gasteiger partial charge in [-0.05, 0) is 37.0 Å². The molecule has 0 unspecified atom stereocenters. The molecular formula is C15H20N2O3. The van der Waals surface area contributed by atoms with E-state index in [1.54, 1.807) is 7.11 Å². The van der Waals surface area contributed by atoms with Gasteiger partial charge in [-0.1, -0.05) is 12.1 Å². The number of ether oxygens (including phenoxy) is 1. The summed E-state index contributed by atoms with van der Waals surface area (Å²) in [6.07, 6.45) is 2.90. The molecule has 1 atom stereocenters. The van der Waals surface area contributed by atoms with Gasteiger partial charge in [-0.25, -0.2) is 0 Å². The van der Waals surface area contributed by atoms with Gasteiger partial charge in [-0.2, -0.15) is 0 Å². The van der Waals surface area contributed by atoms with E-state index in [4.69, 9.17) is 4.74 Å². The largest absolute Gasteiger partial charge is 0.497 e. The first-order valence-electron chi connectivity index (χ1n) is 6.89. The minimum atomic E-state index is -0.400. The van der Waals surface area contributed by atoms with Crippen LogP contribution in [0.15, 0.2) is 24.3 Å². The van der Waals surface area contributed by atoms with Gasteiger partial charge in [0.1, 0.15) is 11.8 Å². The van der Waals surface area contributed by atoms with Crippen LogP contribution in [0.3, 0.4) is 0 Å². The zero-order valence-corrected chi connectivity index (χ0v) is 11.6. The molecule has 1 aliphatic heterocycles. The van der Waals surface area contributed by atoms with Gasteiger partial charge in [0.15, 0.2) is 0 Å². The standard InChI is InChI=1S/C15H20N2O3/c1-20-12-7-5-11(6-8-12)10-14(18)17-13-4-2-3-9-16-15(13)19/h5-8,13H,2-4,9-10H2,1H3,(H,16,19)(H,17,18)/t13-/m0/s1. The van der Waals surface area contributed by atoms with Crippen molar-refractivity contribution in [3.05, 3.63) is 29.8 Å². The molecule has 2 amide bonds. The second-order valence-electron chi connectivity index (χ2n) is 4.93. The molecule has 1 aliphatic rings. The molecule has 5 nitrogen and oxygen atoms in total. The highest BCUT2D eigenvalue weighted by molar-refractivity contribution is 5.88. The third-order valence-electron chi connectivity index (χ3n) is 3.39. The Bertz CT molecular complexity index is 471. The SMILES string of the molecule is COc1ccc(CC(=O)N[C@H]2CCCCNC2=O)cc1. The maximum absolute atomic E-state index is 12.0. The Morgan fingerprint density at radius 1 is 1.35 bits per heavy atom. The van der Waals surface area contributed by atoms with Gasteiger partial charge in [0.05, 0.1) is 13.5 Å². The number of methoxy groups -OCH3 is 1. The monoisotopic (exact) mass is 276 g/mol. The average Bonchev–Trinajstić information content (AvgIpc) is 2.65. The van der Waals surface area contributed by atoms with Crippen molar-refractivity contribution in [2.45, 2.75) is 31.7 Å². The maximum atomic E-state index is 12.0. The number of rotatable bonds is 4. The van der Waals surface area contributed by atoms with E-state index in [0.29, 0.717) is 13.0 Å². The number of amides is 2. The number of carbonyl (C=O) groups excluding carboxylic acids is 2. The van der Waals surface area contributed by atoms with Gasteiger partial charge in [0.25, 0.3) is 0 Å². The van der Waals surface area contributed by atoms with Gasteiger partial charge in [0, 0.05) is 6.54 Å². The van der Waals surface area contributed by atoms with E-state index in [0.717, 1.165) is 24.2 Å². The molecule has 2 N–H and O–H groups in total. The molecule has 0 bridgehead atoms. The van der Waals surface area contributed by atoms with Crippen molar-refractivity contribution >= 4 is 11.8 Å². The molecule has 0 saturated carbocycles. The molecule has 1 heterocycles. The zero-order valence-electron chi connectivity index (χ0n) is 11.6. The highest BCUT2D eigenvalue weighted by Gasteiger charge is 2.22. The lowest BCUT2D eigenvalue weighted by Gasteiger charge is -2.15. The molecule has 5 heteroatoms. The first kappa shape index (κ1) is 14.4. The summed E-state index contributed by atoms with van der Waals surface area (Å²) in [6, 6.07) is 6.95. The summed E-state index contributed by atoms with van der Waals surface area (Å²) < 4.78 is 5.07. The summed E-state index contributed by atoms with van der Waals surface area (Å²) >= 11 is 0. The van der Waals surface area contributed by atoms with Crippen molar-refractivity contribution in [3.63, 3.8) is 0 Å². The van der Waals surface area contributed by atoms with Crippen LogP contribution in [0.2, 0.25) is 0 Å². The van der Waals surface area contributed by atoms with Crippen molar-refractivity contribution < 1.29 is 14.3 Å². The molecule has 1 saturated heterocycles. The summed E-state index contributed by atoms with van der Waals surface area (Å²) in [5.74, 6) is 0.556. The number of hydrogen-bond donors (Lipinski definition) is 2. The summed E-state index contributed by atoms with van der Waals surface area (Å²) in [7, 11) is 1.60. The Kier molecular flexibility index (Phi) is 4.98. The van der Waals surface area contributed by atoms with Crippen molar-refractivity contribution in [1.82, 2.24) is 10.6 Å². The number of carbonyl (C=O) groups is 2. The van der Waals surface area contributed by atoms with Crippen molar-refractivity contribution in [2.24, 2.45) is 0 Å². The van der Waals surface area contributed by atoms with Gasteiger partial charge >= 0.3 is 0 Å². The van der Waals surface area contributed by atoms with E-state index in [1.165, 1.54) is 0 Å². The van der Waals surface area contributed by atoms with Crippen LogP contribution in [0.5, 0.6) is 5.75 Å². The number of hydrogen-bond acceptors (Lipinski definition) is 3. The summed E-state index contributed by atoms with van der Waals surface area (Å²) in [5, 5.41) is 5.61. The fourth-order valence-corrected chi connectivity index (χ4v) is 2.25. The summed E-state index contributed by atoms with van der Waals surface area (Å²) in [6.45, 7) is 0.698. The Morgan fingerprint density at radius 3 is 2.80 bits per heavy atom. The van der Waals surface area contributed by atoms with E-state index >= 15 is 0 Å². The van der Waals surface area contributed by atoms with Crippen LogP contribution < -0.4 is 15.4 Å². The zero-order chi connectivity index (χ0) is 14.4. The Labute approximate surface area is 118 Å². The predicted octanol–water partition coefficient (Wildman–Crippen LogP) is 1.02. The second-order valence-corrected chi connectivity index (χ2v) is 4.93. The van der Waals surface area contributed by atoms with E-state index in [-0.39, 0.29) is 18.2 Å². The molecule has 0 spiro atoms. The second kappa shape index (κ2) is 6.93. The van der Waals surface area contributed by atoms with E-state index in [1.807, 2.05) is 24.3 Å². The molecule has 20 heavy (non-hydrogen) atoms. The lowest BCUT2D eigenvalue weighted by molar-refractivity contribution is -0.128. The molecule has 0 aliphatic carbocycles. The van der Waals surface area contributed by atoms with Crippen molar-refractivity contribution in [2.75, 3.05) is 13.7 Å². The average molecular weight is 276 g/mol. The molecular weight excluding hydrogens is 256 g/mol. The minimum absolute atomic E-state index is 0.0782. The quantitative estimate of drug-likeness (QED) is 0.863. The van der Waals surface area contributed by atoms with E-state index < -0.39 is 6.04 Å². The fourth-order valence-electron chi connectivity index (χ4n) is 2.25. The van der Waals surface area contributed by atoms with Crippen LogP contribution >= 0.6 is 0 Å². The van der Waals surface area contributed by atoms with Crippen LogP contribution in [0.25, 0.3) is 0 Å². The third kappa shape index (κ3) is 3.98. The van der Waals surface area contributed by atoms with E-state index in [9.17, 15) is 9.59 Å². The number of benzene rings is 1. The highest BCUT2D eigenvalue weighted by Crippen LogP contribution is 2.12. The van der Waals surface area contributed by atoms with Crippen LogP contribution in [-0.4, -0.2) is 31.5 Å². The Morgan fingerprint density at radius 2 is 2.10 bits per heavy atom. The first-order chi connectivity index (χ1) is 9.69. The molecule has 108 valence electrons. The predicted molar refractivity (Wildman–Crippen MR) is 75.5 cm³/mol. The minimum Gasteiger partial charge on any atom is -0.497 e. The highest BCUT2D eigenvalue weighted by atomic mass is 16.5. The summed E-state index contributed by atoms with van der Waals surface area (Å²) in [4.78, 5) is 23.7. The first-order valence-corrected chi connectivity index (χ1v) is 6.89. The summed E-state index contributed by atoms with van der Waals surface area (Å²) in [5.41, 5.74) is 0.900. The van der Waals surface area contributed by atoms with Crippen LogP contribution in [0.4, 0.5) is 0 Å². The third-order valence-corrected chi connectivity index (χ3v) is 3.39. The Balaban J connectivity index is 1.89. The lowest BCUT2D eigenvalue weighted by atomic mass is 10.1. The van der Waals surface area contributed by atoms with Gasteiger partial charge < -0.3 is 15.4 Å². The van der Waals surface area contributed by atoms with Gasteiger partial charge in [-0.15, -0.1) is 0 Å². The topological polar surface area (TPSA) is 67.4 Å². The van der Waals surface area contributed by atoms with Crippen molar-refractivity contribution in [3.8, 4) is 5.75 Å². The molecule has 0 aromatic heterocycles. The normalized spacial score (nSPS) is 18.9. The molecule has 1 aromatic rings. The van der Waals surface area contributed by atoms with Crippen LogP contribution in [0.1, 0.15) is 24.8 Å². The smallest absolute Gasteiger partial charge is 0.242 e. The molecule has 1 fully saturated rings. The molecule has 1 aromatic carbocycles. The van der Waals surface area contributed by atoms with E-state index in [2.05, 4.69) is 10.6 Å². The van der Waals surface area contributed by atoms with Crippen molar-refractivity contribution in [1.29, 1.82) is 0 Å². The molecule has 2 rings (SSSR count). The lowest BCUT2D eigenvalue weighted by Crippen LogP contribution is -2.45. The van der Waals surface area contributed by atoms with Crippen LogP contribution in [0, 0.1) is 0 Å². The van der Waals surface area contributed by atoms with Crippen LogP contribution in [-0.2, 0) is 16.0 Å². The molecule has 0 radical (unpaired) electrons. The Hall–Kier alpha value is -2.04.